The number of nitrogens with zero attached hydrogens (tertiary/aromatic N) is 3. The molecule has 0 saturated heterocycles. The summed E-state index contributed by atoms with van der Waals surface area (Å²) in [6.45, 7) is 19.8. The number of hydrogen-bond acceptors (Lipinski definition) is 6. The number of nitrogens with two attached hydrogens (primary N) is 1. The fraction of sp³-hybridized carbons (Fsp3) is 0.944. The fourth-order valence-electron chi connectivity index (χ4n) is 1.95. The minimum Gasteiger partial charge on any atom is -0.460 e. The number of azide groups is 1. The number of aliphatic hydroxyl groups is 1. The zero-order chi connectivity index (χ0) is 22.1. The first kappa shape index (κ1) is 28.1. The van der Waals surface area contributed by atoms with Gasteiger partial charge in [-0.05, 0) is 50.4 Å². The number of esters is 1. The number of ether oxygens (including phenoxy) is 1. The zero-order valence-electron chi connectivity index (χ0n) is 18.7. The van der Waals surface area contributed by atoms with Gasteiger partial charge in [0.15, 0.2) is 8.32 Å². The Labute approximate surface area is 165 Å². The van der Waals surface area contributed by atoms with E-state index in [4.69, 9.17) is 20.4 Å². The van der Waals surface area contributed by atoms with E-state index in [2.05, 4.69) is 43.9 Å². The normalized spacial score (nSPS) is 15.6. The van der Waals surface area contributed by atoms with Crippen LogP contribution in [-0.4, -0.2) is 50.3 Å². The summed E-state index contributed by atoms with van der Waals surface area (Å²) in [5, 5.41) is 12.9. The fourth-order valence-corrected chi connectivity index (χ4v) is 3.39. The summed E-state index contributed by atoms with van der Waals surface area (Å²) in [5.41, 5.74) is 14.0. The van der Waals surface area contributed by atoms with Crippen molar-refractivity contribution in [3.8, 4) is 0 Å². The van der Waals surface area contributed by atoms with Crippen molar-refractivity contribution in [1.82, 2.24) is 0 Å². The van der Waals surface area contributed by atoms with Crippen molar-refractivity contribution in [3.63, 3.8) is 0 Å². The molecule has 0 aliphatic carbocycles. The predicted octanol–water partition coefficient (Wildman–Crippen LogP) is 3.99. The van der Waals surface area contributed by atoms with Gasteiger partial charge >= 0.3 is 5.97 Å². The van der Waals surface area contributed by atoms with E-state index < -0.39 is 14.4 Å². The predicted molar refractivity (Wildman–Crippen MR) is 112 cm³/mol. The van der Waals surface area contributed by atoms with Crippen molar-refractivity contribution < 1.29 is 19.1 Å². The molecule has 3 N–H and O–H groups in total. The van der Waals surface area contributed by atoms with Crippen LogP contribution < -0.4 is 5.73 Å². The van der Waals surface area contributed by atoms with E-state index in [0.29, 0.717) is 6.54 Å². The number of aliphatic hydroxyl groups excluding tert-OH is 1. The van der Waals surface area contributed by atoms with Crippen molar-refractivity contribution in [2.75, 3.05) is 13.2 Å². The smallest absolute Gasteiger partial charge is 0.303 e. The van der Waals surface area contributed by atoms with Gasteiger partial charge in [0.1, 0.15) is 5.60 Å². The van der Waals surface area contributed by atoms with E-state index in [9.17, 15) is 9.90 Å². The Morgan fingerprint density at radius 3 is 2.00 bits per heavy atom. The van der Waals surface area contributed by atoms with E-state index in [-0.39, 0.29) is 35.2 Å². The molecule has 0 fully saturated rings. The molecule has 3 atom stereocenters. The van der Waals surface area contributed by atoms with Crippen LogP contribution in [-0.2, 0) is 14.0 Å². The SMILES string of the molecule is CC(=O)OC(C)(C)C.C[C@@H](CN=[N+]=[N-])[C@@H](O[Si](C)(C)C(C)(C)C)C(N)CO. The molecule has 8 nitrogen and oxygen atoms in total. The minimum atomic E-state index is -1.97. The molecular weight excluding hydrogens is 364 g/mol. The summed E-state index contributed by atoms with van der Waals surface area (Å²) in [7, 11) is -1.97. The highest BCUT2D eigenvalue weighted by Crippen LogP contribution is 2.38. The third kappa shape index (κ3) is 12.8. The second-order valence-electron chi connectivity index (χ2n) is 9.29. The lowest BCUT2D eigenvalue weighted by Gasteiger charge is -2.42. The van der Waals surface area contributed by atoms with Gasteiger partial charge in [0.25, 0.3) is 0 Å². The lowest BCUT2D eigenvalue weighted by atomic mass is 9.99. The Morgan fingerprint density at radius 2 is 1.74 bits per heavy atom. The molecule has 0 bridgehead atoms. The van der Waals surface area contributed by atoms with Crippen LogP contribution in [0.25, 0.3) is 10.4 Å². The highest BCUT2D eigenvalue weighted by atomic mass is 28.4. The summed E-state index contributed by atoms with van der Waals surface area (Å²) in [6.07, 6.45) is -0.295. The standard InChI is InChI=1S/C12H28N4O2Si.C6H12O2/c1-9(7-15-16-14)11(10(13)8-17)18-19(5,6)12(2,3)4;1-5(7)8-6(2,3)4/h9-11,17H,7-8,13H2,1-6H3;1-4H3/t9-,10?,11+;/m0./s1. The number of rotatable bonds is 7. The lowest BCUT2D eigenvalue weighted by molar-refractivity contribution is -0.151. The van der Waals surface area contributed by atoms with E-state index in [0.717, 1.165) is 0 Å². The molecule has 0 aromatic carbocycles. The molecule has 0 spiro atoms. The van der Waals surface area contributed by atoms with Crippen LogP contribution in [0, 0.1) is 5.92 Å². The van der Waals surface area contributed by atoms with Gasteiger partial charge in [-0.25, -0.2) is 0 Å². The molecule has 0 saturated carbocycles. The van der Waals surface area contributed by atoms with Crippen molar-refractivity contribution in [1.29, 1.82) is 0 Å². The van der Waals surface area contributed by atoms with Crippen LogP contribution >= 0.6 is 0 Å². The minimum absolute atomic E-state index is 0.0211. The Bertz CT molecular complexity index is 495. The van der Waals surface area contributed by atoms with Gasteiger partial charge in [-0.3, -0.25) is 4.79 Å². The molecule has 1 unspecified atom stereocenters. The highest BCUT2D eigenvalue weighted by Gasteiger charge is 2.41. The van der Waals surface area contributed by atoms with Crippen molar-refractivity contribution >= 4 is 14.3 Å². The zero-order valence-corrected chi connectivity index (χ0v) is 19.7. The Balaban J connectivity index is 0. The third-order valence-corrected chi connectivity index (χ3v) is 8.79. The van der Waals surface area contributed by atoms with Crippen LogP contribution in [0.3, 0.4) is 0 Å². The van der Waals surface area contributed by atoms with Gasteiger partial charge in [0.2, 0.25) is 0 Å². The average Bonchev–Trinajstić information content (AvgIpc) is 2.46. The third-order valence-electron chi connectivity index (χ3n) is 4.31. The van der Waals surface area contributed by atoms with Crippen LogP contribution in [0.4, 0.5) is 0 Å². The first-order valence-electron chi connectivity index (χ1n) is 9.23. The van der Waals surface area contributed by atoms with Gasteiger partial charge in [0.05, 0.1) is 18.8 Å². The first-order chi connectivity index (χ1) is 12.0. The number of carbonyl (C=O) groups excluding carboxylic acids is 1. The largest absolute Gasteiger partial charge is 0.460 e. The summed E-state index contributed by atoms with van der Waals surface area (Å²) < 4.78 is 11.1. The van der Waals surface area contributed by atoms with Crippen LogP contribution in [0.2, 0.25) is 18.1 Å². The van der Waals surface area contributed by atoms with Crippen LogP contribution in [0.5, 0.6) is 0 Å². The van der Waals surface area contributed by atoms with E-state index in [1.165, 1.54) is 6.92 Å². The van der Waals surface area contributed by atoms with Crippen molar-refractivity contribution in [3.05, 3.63) is 10.4 Å². The molecule has 9 heteroatoms. The summed E-state index contributed by atoms with van der Waals surface area (Å²) in [6, 6.07) is -0.460. The summed E-state index contributed by atoms with van der Waals surface area (Å²) in [4.78, 5) is 13.0. The molecular formula is C18H40N4O4Si. The first-order valence-corrected chi connectivity index (χ1v) is 12.1. The summed E-state index contributed by atoms with van der Waals surface area (Å²) in [5.74, 6) is -0.246. The van der Waals surface area contributed by atoms with Crippen molar-refractivity contribution in [2.24, 2.45) is 16.8 Å². The average molecular weight is 405 g/mol. The highest BCUT2D eigenvalue weighted by molar-refractivity contribution is 6.74. The quantitative estimate of drug-likeness (QED) is 0.218. The second kappa shape index (κ2) is 11.7. The number of hydrogen-bond donors (Lipinski definition) is 2. The molecule has 0 heterocycles. The molecule has 0 aliphatic heterocycles. The lowest BCUT2D eigenvalue weighted by Crippen LogP contribution is -2.53. The van der Waals surface area contributed by atoms with Crippen LogP contribution in [0.15, 0.2) is 5.11 Å². The molecule has 160 valence electrons. The Hall–Kier alpha value is -1.12. The maximum atomic E-state index is 10.2. The maximum absolute atomic E-state index is 10.2. The molecule has 0 amide bonds. The topological polar surface area (TPSA) is 131 Å². The molecule has 27 heavy (non-hydrogen) atoms. The molecule has 0 aromatic heterocycles. The maximum Gasteiger partial charge on any atom is 0.303 e. The Morgan fingerprint density at radius 1 is 1.26 bits per heavy atom. The van der Waals surface area contributed by atoms with Gasteiger partial charge in [-0.15, -0.1) is 0 Å². The van der Waals surface area contributed by atoms with Gasteiger partial charge < -0.3 is 20.0 Å². The Kier molecular flexibility index (Phi) is 12.1. The second-order valence-corrected chi connectivity index (χ2v) is 14.0. The van der Waals surface area contributed by atoms with Crippen LogP contribution in [0.1, 0.15) is 55.4 Å². The molecule has 0 aliphatic rings. The van der Waals surface area contributed by atoms with Gasteiger partial charge in [0, 0.05) is 18.4 Å². The van der Waals surface area contributed by atoms with E-state index >= 15 is 0 Å². The van der Waals surface area contributed by atoms with E-state index in [1.807, 2.05) is 27.7 Å². The van der Waals surface area contributed by atoms with E-state index in [1.54, 1.807) is 0 Å². The summed E-state index contributed by atoms with van der Waals surface area (Å²) >= 11 is 0. The molecule has 0 rings (SSSR count). The van der Waals surface area contributed by atoms with Crippen molar-refractivity contribution in [2.45, 2.75) is 91.3 Å². The number of carbonyl (C=O) groups is 1. The van der Waals surface area contributed by atoms with Gasteiger partial charge in [-0.1, -0.05) is 32.8 Å². The van der Waals surface area contributed by atoms with Gasteiger partial charge in [-0.2, -0.15) is 0 Å². The molecule has 0 radical (unpaired) electrons. The monoisotopic (exact) mass is 404 g/mol. The molecule has 0 aromatic rings.